The average molecular weight is 255 g/mol. The number of hydrogen-bond acceptors (Lipinski definition) is 3. The van der Waals surface area contributed by atoms with Crippen molar-refractivity contribution in [3.05, 3.63) is 23.3 Å². The number of fused-ring (bicyclic) bond motifs is 1. The molecular weight excluding hydrogens is 242 g/mol. The smallest absolute Gasteiger partial charge is 0.251 e. The van der Waals surface area contributed by atoms with Crippen LogP contribution in [0.4, 0.5) is 0 Å². The Kier molecular flexibility index (Phi) is 3.44. The number of rotatable bonds is 2. The zero-order chi connectivity index (χ0) is 12.4. The first kappa shape index (κ1) is 12.1. The van der Waals surface area contributed by atoms with Crippen LogP contribution >= 0.6 is 0 Å². The molecule has 1 atom stereocenters. The third kappa shape index (κ3) is 2.32. The third-order valence-corrected chi connectivity index (χ3v) is 3.43. The van der Waals surface area contributed by atoms with Crippen molar-refractivity contribution < 1.29 is 18.3 Å². The van der Waals surface area contributed by atoms with Crippen LogP contribution in [0.1, 0.15) is 22.3 Å². The molecule has 2 rings (SSSR count). The number of benzene rings is 1. The second kappa shape index (κ2) is 4.85. The summed E-state index contributed by atoms with van der Waals surface area (Å²) in [6.45, 7) is 0.618. The SMILES string of the molecule is COc1cc2c(cc1S(=O)O)C(=O)NCCC2. The molecule has 5 nitrogen and oxygen atoms in total. The first-order chi connectivity index (χ1) is 8.13. The van der Waals surface area contributed by atoms with Gasteiger partial charge in [-0.3, -0.25) is 4.79 Å². The number of amides is 1. The summed E-state index contributed by atoms with van der Waals surface area (Å²) >= 11 is -2.16. The van der Waals surface area contributed by atoms with E-state index in [2.05, 4.69) is 5.32 Å². The minimum Gasteiger partial charge on any atom is -0.495 e. The molecule has 6 heteroatoms. The van der Waals surface area contributed by atoms with Gasteiger partial charge in [0.2, 0.25) is 0 Å². The molecule has 1 aliphatic rings. The Labute approximate surface area is 101 Å². The Morgan fingerprint density at radius 3 is 2.88 bits per heavy atom. The molecule has 2 N–H and O–H groups in total. The predicted octanol–water partition coefficient (Wildman–Crippen LogP) is 0.952. The van der Waals surface area contributed by atoms with Gasteiger partial charge >= 0.3 is 0 Å². The van der Waals surface area contributed by atoms with Gasteiger partial charge in [-0.1, -0.05) is 0 Å². The molecule has 1 aromatic rings. The third-order valence-electron chi connectivity index (χ3n) is 2.73. The summed E-state index contributed by atoms with van der Waals surface area (Å²) in [6, 6.07) is 3.11. The molecule has 92 valence electrons. The van der Waals surface area contributed by atoms with Gasteiger partial charge in [0.05, 0.1) is 7.11 Å². The van der Waals surface area contributed by atoms with Gasteiger partial charge in [-0.2, -0.15) is 0 Å². The Morgan fingerprint density at radius 2 is 2.24 bits per heavy atom. The standard InChI is InChI=1S/C11H13NO4S/c1-16-9-5-7-3-2-4-12-11(13)8(7)6-10(9)17(14)15/h5-6H,2-4H2,1H3,(H,12,13)(H,14,15). The minimum absolute atomic E-state index is 0.128. The summed E-state index contributed by atoms with van der Waals surface area (Å²) in [4.78, 5) is 11.9. The van der Waals surface area contributed by atoms with Gasteiger partial charge < -0.3 is 14.6 Å². The van der Waals surface area contributed by atoms with Crippen LogP contribution in [-0.2, 0) is 17.5 Å². The summed E-state index contributed by atoms with van der Waals surface area (Å²) in [5.74, 6) is 0.145. The van der Waals surface area contributed by atoms with Crippen LogP contribution in [0, 0.1) is 0 Å². The number of carbonyl (C=O) groups is 1. The molecule has 0 bridgehead atoms. The summed E-state index contributed by atoms with van der Waals surface area (Å²) in [5.41, 5.74) is 1.31. The van der Waals surface area contributed by atoms with Crippen molar-refractivity contribution in [3.63, 3.8) is 0 Å². The van der Waals surface area contributed by atoms with Crippen LogP contribution in [0.2, 0.25) is 0 Å². The molecular formula is C11H13NO4S. The van der Waals surface area contributed by atoms with Crippen LogP contribution < -0.4 is 10.1 Å². The molecule has 1 aliphatic heterocycles. The maximum absolute atomic E-state index is 11.7. The number of ether oxygens (including phenoxy) is 1. The molecule has 0 spiro atoms. The highest BCUT2D eigenvalue weighted by atomic mass is 32.2. The molecule has 0 fully saturated rings. The maximum atomic E-state index is 11.7. The molecule has 0 aliphatic carbocycles. The van der Waals surface area contributed by atoms with E-state index >= 15 is 0 Å². The monoisotopic (exact) mass is 255 g/mol. The van der Waals surface area contributed by atoms with E-state index in [0.29, 0.717) is 17.9 Å². The lowest BCUT2D eigenvalue weighted by atomic mass is 10.0. The Hall–Kier alpha value is -1.40. The minimum atomic E-state index is -2.16. The highest BCUT2D eigenvalue weighted by molar-refractivity contribution is 7.79. The van der Waals surface area contributed by atoms with Crippen molar-refractivity contribution in [1.29, 1.82) is 0 Å². The van der Waals surface area contributed by atoms with Gasteiger partial charge in [0, 0.05) is 12.1 Å². The van der Waals surface area contributed by atoms with Gasteiger partial charge in [-0.25, -0.2) is 4.21 Å². The Balaban J connectivity index is 2.58. The zero-order valence-electron chi connectivity index (χ0n) is 9.36. The van der Waals surface area contributed by atoms with Crippen molar-refractivity contribution in [3.8, 4) is 5.75 Å². The number of nitrogens with one attached hydrogen (secondary N) is 1. The largest absolute Gasteiger partial charge is 0.495 e. The van der Waals surface area contributed by atoms with Crippen LogP contribution in [0.3, 0.4) is 0 Å². The average Bonchev–Trinajstić information content (AvgIpc) is 2.49. The van der Waals surface area contributed by atoms with Crippen LogP contribution in [-0.4, -0.2) is 28.3 Å². The quantitative estimate of drug-likeness (QED) is 0.772. The van der Waals surface area contributed by atoms with Crippen LogP contribution in [0.15, 0.2) is 17.0 Å². The molecule has 1 amide bonds. The maximum Gasteiger partial charge on any atom is 0.251 e. The zero-order valence-corrected chi connectivity index (χ0v) is 10.2. The van der Waals surface area contributed by atoms with E-state index in [0.717, 1.165) is 18.4 Å². The normalized spacial score (nSPS) is 16.7. The van der Waals surface area contributed by atoms with E-state index in [1.165, 1.54) is 13.2 Å². The molecule has 0 aromatic heterocycles. The van der Waals surface area contributed by atoms with E-state index in [-0.39, 0.29) is 10.8 Å². The summed E-state index contributed by atoms with van der Waals surface area (Å²) in [6.07, 6.45) is 1.60. The van der Waals surface area contributed by atoms with Crippen molar-refractivity contribution in [2.45, 2.75) is 17.7 Å². The van der Waals surface area contributed by atoms with Crippen LogP contribution in [0.25, 0.3) is 0 Å². The lowest BCUT2D eigenvalue weighted by Crippen LogP contribution is -2.22. The molecule has 0 saturated carbocycles. The van der Waals surface area contributed by atoms with Gasteiger partial charge in [-0.05, 0) is 30.5 Å². The van der Waals surface area contributed by atoms with Gasteiger partial charge in [0.1, 0.15) is 10.6 Å². The molecule has 1 heterocycles. The predicted molar refractivity (Wildman–Crippen MR) is 62.7 cm³/mol. The molecule has 1 unspecified atom stereocenters. The van der Waals surface area contributed by atoms with E-state index in [9.17, 15) is 9.00 Å². The highest BCUT2D eigenvalue weighted by Gasteiger charge is 2.20. The first-order valence-electron chi connectivity index (χ1n) is 5.23. The number of aryl methyl sites for hydroxylation is 1. The number of carbonyl (C=O) groups excluding carboxylic acids is 1. The fraction of sp³-hybridized carbons (Fsp3) is 0.364. The van der Waals surface area contributed by atoms with Crippen LogP contribution in [0.5, 0.6) is 5.75 Å². The fourth-order valence-electron chi connectivity index (χ4n) is 1.89. The van der Waals surface area contributed by atoms with E-state index in [1.54, 1.807) is 6.07 Å². The number of methoxy groups -OCH3 is 1. The molecule has 17 heavy (non-hydrogen) atoms. The topological polar surface area (TPSA) is 75.6 Å². The van der Waals surface area contributed by atoms with E-state index < -0.39 is 11.1 Å². The van der Waals surface area contributed by atoms with Crippen molar-refractivity contribution in [1.82, 2.24) is 5.32 Å². The Morgan fingerprint density at radius 1 is 1.47 bits per heavy atom. The lowest BCUT2D eigenvalue weighted by Gasteiger charge is -2.10. The number of hydrogen-bond donors (Lipinski definition) is 2. The fourth-order valence-corrected chi connectivity index (χ4v) is 2.43. The summed E-state index contributed by atoms with van der Waals surface area (Å²) in [7, 11) is 1.44. The van der Waals surface area contributed by atoms with E-state index in [1.807, 2.05) is 0 Å². The summed E-state index contributed by atoms with van der Waals surface area (Å²) in [5, 5.41) is 2.74. The Bertz CT molecular complexity index is 487. The molecule has 0 radical (unpaired) electrons. The van der Waals surface area contributed by atoms with Crippen molar-refractivity contribution in [2.75, 3.05) is 13.7 Å². The highest BCUT2D eigenvalue weighted by Crippen LogP contribution is 2.27. The van der Waals surface area contributed by atoms with Gasteiger partial charge in [-0.15, -0.1) is 0 Å². The van der Waals surface area contributed by atoms with Crippen molar-refractivity contribution >= 4 is 17.0 Å². The second-order valence-electron chi connectivity index (χ2n) is 3.77. The first-order valence-corrected chi connectivity index (χ1v) is 6.34. The lowest BCUT2D eigenvalue weighted by molar-refractivity contribution is 0.0956. The molecule has 0 saturated heterocycles. The molecule has 1 aromatic carbocycles. The van der Waals surface area contributed by atoms with Gasteiger partial charge in [0.15, 0.2) is 11.1 Å². The van der Waals surface area contributed by atoms with E-state index in [4.69, 9.17) is 9.29 Å². The summed E-state index contributed by atoms with van der Waals surface area (Å²) < 4.78 is 25.4. The second-order valence-corrected chi connectivity index (χ2v) is 4.71. The van der Waals surface area contributed by atoms with Gasteiger partial charge in [0.25, 0.3) is 5.91 Å². The van der Waals surface area contributed by atoms with Crippen molar-refractivity contribution in [2.24, 2.45) is 0 Å².